The second-order valence-corrected chi connectivity index (χ2v) is 8.57. The third-order valence-corrected chi connectivity index (χ3v) is 5.95. The number of hydrogen-bond donors (Lipinski definition) is 1. The van der Waals surface area contributed by atoms with Gasteiger partial charge < -0.3 is 19.8 Å². The fourth-order valence-corrected chi connectivity index (χ4v) is 3.92. The van der Waals surface area contributed by atoms with Crippen LogP contribution in [0.4, 0.5) is 19.0 Å². The first-order chi connectivity index (χ1) is 18.0. The van der Waals surface area contributed by atoms with E-state index < -0.39 is 12.6 Å². The van der Waals surface area contributed by atoms with Gasteiger partial charge in [0.25, 0.3) is 5.56 Å². The summed E-state index contributed by atoms with van der Waals surface area (Å²) in [6.45, 7) is 1.85. The van der Waals surface area contributed by atoms with E-state index in [-0.39, 0.29) is 35.7 Å². The topological polar surface area (TPSA) is 123 Å². The van der Waals surface area contributed by atoms with Crippen LogP contribution in [0.2, 0.25) is 0 Å². The zero-order chi connectivity index (χ0) is 27.6. The number of hydrogen-bond acceptors (Lipinski definition) is 8. The first-order valence-electron chi connectivity index (χ1n) is 11.5. The van der Waals surface area contributed by atoms with Gasteiger partial charge >= 0.3 is 6.18 Å². The first-order valence-corrected chi connectivity index (χ1v) is 11.5. The molecule has 4 rings (SSSR count). The summed E-state index contributed by atoms with van der Waals surface area (Å²) < 4.78 is 51.1. The highest BCUT2D eigenvalue weighted by atomic mass is 19.4. The highest BCUT2D eigenvalue weighted by molar-refractivity contribution is 5.73. The lowest BCUT2D eigenvalue weighted by molar-refractivity contribution is -0.136. The third-order valence-electron chi connectivity index (χ3n) is 5.95. The molecular formula is C25H26F3N7O3. The van der Waals surface area contributed by atoms with Gasteiger partial charge in [0, 0.05) is 49.1 Å². The molecule has 38 heavy (non-hydrogen) atoms. The average Bonchev–Trinajstić information content (AvgIpc) is 3.24. The van der Waals surface area contributed by atoms with Crippen molar-refractivity contribution in [2.45, 2.75) is 32.5 Å². The summed E-state index contributed by atoms with van der Waals surface area (Å²) in [5, 5.41) is 4.21. The van der Waals surface area contributed by atoms with Crippen molar-refractivity contribution in [3.63, 3.8) is 0 Å². The molecule has 0 amide bonds. The first kappa shape index (κ1) is 26.6. The van der Waals surface area contributed by atoms with E-state index in [1.807, 2.05) is 0 Å². The maximum Gasteiger partial charge on any atom is 0.389 e. The fraction of sp³-hybridized carbons (Fsp3) is 0.320. The van der Waals surface area contributed by atoms with Crippen molar-refractivity contribution in [1.82, 2.24) is 29.3 Å². The van der Waals surface area contributed by atoms with Crippen molar-refractivity contribution in [1.29, 1.82) is 0 Å². The van der Waals surface area contributed by atoms with Crippen molar-refractivity contribution in [2.24, 2.45) is 7.05 Å². The predicted molar refractivity (Wildman–Crippen MR) is 135 cm³/mol. The van der Waals surface area contributed by atoms with Gasteiger partial charge in [-0.2, -0.15) is 18.3 Å². The number of nitrogen functional groups attached to an aromatic ring is 1. The Morgan fingerprint density at radius 1 is 1.00 bits per heavy atom. The Bertz CT molecular complexity index is 1510. The lowest BCUT2D eigenvalue weighted by atomic mass is 10.1. The summed E-state index contributed by atoms with van der Waals surface area (Å²) in [6, 6.07) is 5.01. The molecule has 13 heteroatoms. The van der Waals surface area contributed by atoms with Crippen LogP contribution in [0.3, 0.4) is 0 Å². The maximum absolute atomic E-state index is 13.0. The Balaban J connectivity index is 1.74. The SMILES string of the molecule is COc1cc(OC)cc(-c2nc(-c3nc(-c4cnn(CCCC(F)(F)F)c4C)cnc3N)cn(C)c2=O)c1. The number of rotatable bonds is 8. The zero-order valence-corrected chi connectivity index (χ0v) is 21.2. The number of benzene rings is 1. The minimum atomic E-state index is -4.22. The van der Waals surface area contributed by atoms with Gasteiger partial charge in [-0.25, -0.2) is 15.0 Å². The van der Waals surface area contributed by atoms with Crippen LogP contribution in [0, 0.1) is 6.92 Å². The van der Waals surface area contributed by atoms with E-state index in [1.165, 1.54) is 42.1 Å². The van der Waals surface area contributed by atoms with Gasteiger partial charge in [0.1, 0.15) is 28.6 Å². The van der Waals surface area contributed by atoms with E-state index >= 15 is 0 Å². The molecular weight excluding hydrogens is 503 g/mol. The van der Waals surface area contributed by atoms with Gasteiger partial charge in [0.05, 0.1) is 32.3 Å². The molecule has 1 aromatic carbocycles. The smallest absolute Gasteiger partial charge is 0.389 e. The molecule has 0 bridgehead atoms. The largest absolute Gasteiger partial charge is 0.497 e. The van der Waals surface area contributed by atoms with Gasteiger partial charge in [0.2, 0.25) is 0 Å². The number of ether oxygens (including phenoxy) is 2. The Morgan fingerprint density at radius 2 is 1.66 bits per heavy atom. The zero-order valence-electron chi connectivity index (χ0n) is 21.2. The summed E-state index contributed by atoms with van der Waals surface area (Å²) in [7, 11) is 4.59. The van der Waals surface area contributed by atoms with Crippen LogP contribution in [-0.4, -0.2) is 49.7 Å². The number of methoxy groups -OCH3 is 2. The molecule has 0 saturated heterocycles. The van der Waals surface area contributed by atoms with Crippen LogP contribution in [-0.2, 0) is 13.6 Å². The molecule has 0 saturated carbocycles. The molecule has 0 fully saturated rings. The molecule has 10 nitrogen and oxygen atoms in total. The number of anilines is 1. The number of nitrogens with two attached hydrogens (primary N) is 1. The van der Waals surface area contributed by atoms with Gasteiger partial charge in [-0.3, -0.25) is 9.48 Å². The molecule has 200 valence electrons. The summed E-state index contributed by atoms with van der Waals surface area (Å²) in [5.41, 5.74) is 8.56. The van der Waals surface area contributed by atoms with E-state index in [9.17, 15) is 18.0 Å². The monoisotopic (exact) mass is 529 g/mol. The lowest BCUT2D eigenvalue weighted by Gasteiger charge is -2.12. The molecule has 0 aliphatic rings. The van der Waals surface area contributed by atoms with E-state index in [1.54, 1.807) is 32.2 Å². The second kappa shape index (κ2) is 10.5. The summed E-state index contributed by atoms with van der Waals surface area (Å²) >= 11 is 0. The Kier molecular flexibility index (Phi) is 7.37. The van der Waals surface area contributed by atoms with E-state index in [2.05, 4.69) is 20.1 Å². The molecule has 0 unspecified atom stereocenters. The summed E-state index contributed by atoms with van der Waals surface area (Å²) in [5.74, 6) is 1.06. The minimum absolute atomic E-state index is 0.0873. The molecule has 0 aliphatic carbocycles. The Morgan fingerprint density at radius 3 is 2.29 bits per heavy atom. The molecule has 0 aliphatic heterocycles. The molecule has 3 aromatic heterocycles. The molecule has 4 aromatic rings. The van der Waals surface area contributed by atoms with Gasteiger partial charge in [-0.15, -0.1) is 0 Å². The fourth-order valence-electron chi connectivity index (χ4n) is 3.92. The highest BCUT2D eigenvalue weighted by Gasteiger charge is 2.26. The second-order valence-electron chi connectivity index (χ2n) is 8.57. The van der Waals surface area contributed by atoms with Crippen LogP contribution < -0.4 is 20.8 Å². The Labute approximate surface area is 215 Å². The van der Waals surface area contributed by atoms with Crippen LogP contribution in [0.1, 0.15) is 18.5 Å². The van der Waals surface area contributed by atoms with E-state index in [0.717, 1.165) is 0 Å². The van der Waals surface area contributed by atoms with E-state index in [0.29, 0.717) is 39.7 Å². The Hall–Kier alpha value is -4.42. The van der Waals surface area contributed by atoms with Crippen LogP contribution in [0.25, 0.3) is 33.9 Å². The summed E-state index contributed by atoms with van der Waals surface area (Å²) in [4.78, 5) is 26.4. The van der Waals surface area contributed by atoms with Crippen LogP contribution in [0.5, 0.6) is 11.5 Å². The number of aryl methyl sites for hydroxylation is 2. The quantitative estimate of drug-likeness (QED) is 0.363. The molecule has 3 heterocycles. The van der Waals surface area contributed by atoms with Crippen molar-refractivity contribution in [2.75, 3.05) is 20.0 Å². The van der Waals surface area contributed by atoms with E-state index in [4.69, 9.17) is 15.2 Å². The summed E-state index contributed by atoms with van der Waals surface area (Å²) in [6.07, 6.45) is -0.731. The highest BCUT2D eigenvalue weighted by Crippen LogP contribution is 2.30. The molecule has 0 spiro atoms. The van der Waals surface area contributed by atoms with Crippen LogP contribution in [0.15, 0.2) is 41.6 Å². The molecule has 0 radical (unpaired) electrons. The molecule has 2 N–H and O–H groups in total. The normalized spacial score (nSPS) is 11.6. The molecule has 0 atom stereocenters. The third kappa shape index (κ3) is 5.61. The minimum Gasteiger partial charge on any atom is -0.497 e. The van der Waals surface area contributed by atoms with Gasteiger partial charge in [-0.1, -0.05) is 0 Å². The number of nitrogens with zero attached hydrogens (tertiary/aromatic N) is 6. The number of alkyl halides is 3. The van der Waals surface area contributed by atoms with Crippen molar-refractivity contribution in [3.05, 3.63) is 52.8 Å². The lowest BCUT2D eigenvalue weighted by Crippen LogP contribution is -2.20. The van der Waals surface area contributed by atoms with Crippen molar-refractivity contribution < 1.29 is 22.6 Å². The van der Waals surface area contributed by atoms with Crippen molar-refractivity contribution in [3.8, 4) is 45.4 Å². The predicted octanol–water partition coefficient (Wildman–Crippen LogP) is 4.02. The number of halogens is 3. The standard InChI is InChI=1S/C25H26F3N7O3/c1-14-18(11-31-35(14)7-5-6-25(26,27)28)19-12-30-23(29)22(32-19)20-13-34(2)24(36)21(33-20)15-8-16(37-3)10-17(9-15)38-4/h8-13H,5-7H2,1-4H3,(H2,29,30). The van der Waals surface area contributed by atoms with Crippen molar-refractivity contribution >= 4 is 5.82 Å². The maximum atomic E-state index is 13.0. The van der Waals surface area contributed by atoms with Crippen LogP contribution >= 0.6 is 0 Å². The number of aromatic nitrogens is 6. The van der Waals surface area contributed by atoms with Gasteiger partial charge in [-0.05, 0) is 25.5 Å². The average molecular weight is 530 g/mol. The van der Waals surface area contributed by atoms with Gasteiger partial charge in [0.15, 0.2) is 5.82 Å².